The van der Waals surface area contributed by atoms with Crippen LogP contribution in [-0.2, 0) is 5.54 Å². The Morgan fingerprint density at radius 1 is 0.653 bits per heavy atom. The molecule has 9 radical (unpaired) electrons. The van der Waals surface area contributed by atoms with Crippen molar-refractivity contribution in [3.05, 3.63) is 106 Å². The van der Waals surface area contributed by atoms with Gasteiger partial charge in [-0.15, -0.1) is 0 Å². The lowest BCUT2D eigenvalue weighted by molar-refractivity contribution is -0.301. The predicted octanol–water partition coefficient (Wildman–Crippen LogP) is 8.23. The topological polar surface area (TPSA) is 143 Å². The number of nitrogens with zero attached hydrogens (tertiary/aromatic N) is 4. The largest absolute Gasteiger partial charge is 0.419 e. The van der Waals surface area contributed by atoms with Crippen molar-refractivity contribution in [3.63, 3.8) is 0 Å². The number of nitriles is 2. The van der Waals surface area contributed by atoms with E-state index < -0.39 is 54.9 Å². The van der Waals surface area contributed by atoms with Crippen LogP contribution in [-0.4, -0.2) is 143 Å². The first-order chi connectivity index (χ1) is 33.5. The highest BCUT2D eigenvalue weighted by atomic mass is 35.5. The molecule has 0 spiro atoms. The van der Waals surface area contributed by atoms with Crippen LogP contribution in [0.4, 0.5) is 39.5 Å². The highest BCUT2D eigenvalue weighted by molar-refractivity contribution is 7.81. The van der Waals surface area contributed by atoms with Gasteiger partial charge in [0, 0.05) is 93.6 Å². The van der Waals surface area contributed by atoms with Gasteiger partial charge in [-0.2, -0.15) is 50.0 Å². The van der Waals surface area contributed by atoms with Gasteiger partial charge in [-0.1, -0.05) is 56.4 Å². The fourth-order valence-corrected chi connectivity index (χ4v) is 6.43. The molecule has 3 aliphatic heterocycles. The Hall–Kier alpha value is -4.50. The van der Waals surface area contributed by atoms with Crippen LogP contribution in [0.2, 0.25) is 19.6 Å². The van der Waals surface area contributed by atoms with Crippen LogP contribution in [0.1, 0.15) is 106 Å². The smallest absolute Gasteiger partial charge is 0.339 e. The summed E-state index contributed by atoms with van der Waals surface area (Å²) in [5.74, 6) is -4.47. The molecule has 0 saturated carbocycles. The van der Waals surface area contributed by atoms with E-state index in [0.717, 1.165) is 51.3 Å². The molecule has 377 valence electrons. The number of carbonyl (C=O) groups is 3. The number of benzene rings is 3. The van der Waals surface area contributed by atoms with E-state index in [9.17, 15) is 53.9 Å². The van der Waals surface area contributed by atoms with Crippen LogP contribution in [0.15, 0.2) is 72.8 Å². The molecule has 3 heterocycles. The molecule has 3 saturated heterocycles. The van der Waals surface area contributed by atoms with Crippen molar-refractivity contribution in [2.45, 2.75) is 101 Å². The van der Waals surface area contributed by atoms with Gasteiger partial charge >= 0.3 is 18.2 Å². The maximum absolute atomic E-state index is 13.0. The Balaban J connectivity index is 0.000000467. The number of rotatable bonds is 6. The summed E-state index contributed by atoms with van der Waals surface area (Å²) in [7, 11) is 18.7. The first-order valence-electron chi connectivity index (χ1n) is 22.9. The molecular formula is C45H54B7ClF9N6O3Si. The van der Waals surface area contributed by atoms with Gasteiger partial charge in [-0.05, 0) is 124 Å². The van der Waals surface area contributed by atoms with Crippen molar-refractivity contribution >= 4 is 87.5 Å². The molecule has 3 fully saturated rings. The Morgan fingerprint density at radius 2 is 1.01 bits per heavy atom. The third-order valence-corrected chi connectivity index (χ3v) is 12.8. The lowest BCUT2D eigenvalue weighted by Gasteiger charge is -2.34. The van der Waals surface area contributed by atoms with Crippen LogP contribution >= 0.6 is 11.6 Å². The Bertz CT molecular complexity index is 2200. The average Bonchev–Trinajstić information content (AvgIpc) is 3.36. The molecule has 3 aromatic rings. The predicted molar refractivity (Wildman–Crippen MR) is 273 cm³/mol. The molecule has 9 nitrogen and oxygen atoms in total. The summed E-state index contributed by atoms with van der Waals surface area (Å²) in [6.45, 7) is 8.89. The molecule has 0 aromatic heterocycles. The van der Waals surface area contributed by atoms with Gasteiger partial charge in [0.25, 0.3) is 17.1 Å². The van der Waals surface area contributed by atoms with Crippen LogP contribution in [0.5, 0.6) is 0 Å². The molecule has 0 unspecified atom stereocenters. The minimum Gasteiger partial charge on any atom is -0.339 e. The third kappa shape index (κ3) is 22.3. The highest BCUT2D eigenvalue weighted by Gasteiger charge is 2.69. The van der Waals surface area contributed by atoms with Crippen LogP contribution in [0.25, 0.3) is 0 Å². The first kappa shape index (κ1) is 65.5. The van der Waals surface area contributed by atoms with Crippen molar-refractivity contribution in [3.8, 4) is 12.1 Å². The van der Waals surface area contributed by atoms with E-state index in [2.05, 4.69) is 11.4 Å². The molecule has 0 aliphatic carbocycles. The standard InChI is InChI=1S/C15H16F6N2O.C13H14N2O.C8H4ClNO.C5H11N.C4H9F3Si.B7/c16-14(17,18)13(22,15(19,20)21)11-6-4-5-10(9-11)12(24)23-7-2-1-3-8-23;14-10-11-5-4-6-12(9-11)13(16)15-7-2-1-3-8-15;9-8(11)7-3-1-2-6(4-7)5-10;1-2-4-6-5-3-1;1-8(2,3)4(5,6)7;1-5-7(4)6(2)3/h4-6,9H,1-3,7-8,22H2;4-6,9H,1-3,7-8H2;1-4H;6H,1-5H2;1-3H3;. The SMILES string of the molecule is C1CCNCC1.C[Si](C)(C)C(F)(F)F.N#Cc1cccc(C(=O)Cl)c1.N#Cc1cccc(C(=O)N2CCCCC2)c1.NC(c1cccc(C(=O)N2CCCCC2)c1)(C(F)(F)F)C(F)(F)F.[B][B]B([B])B([B])[B]. The van der Waals surface area contributed by atoms with Crippen molar-refractivity contribution in [1.29, 1.82) is 10.5 Å². The molecule has 2 amide bonds. The molecule has 72 heavy (non-hydrogen) atoms. The molecule has 6 rings (SSSR count). The van der Waals surface area contributed by atoms with Crippen LogP contribution in [0, 0.1) is 22.7 Å². The fraction of sp³-hybridized carbons (Fsp3) is 0.489. The number of carbonyl (C=O) groups excluding carboxylic acids is 3. The number of likely N-dealkylation sites (tertiary alicyclic amines) is 2. The molecule has 3 aromatic carbocycles. The summed E-state index contributed by atoms with van der Waals surface area (Å²) in [5.41, 5.74) is 0.739. The van der Waals surface area contributed by atoms with E-state index in [1.165, 1.54) is 82.5 Å². The van der Waals surface area contributed by atoms with Crippen molar-refractivity contribution in [2.24, 2.45) is 5.73 Å². The summed E-state index contributed by atoms with van der Waals surface area (Å²) in [6, 6.07) is 20.5. The van der Waals surface area contributed by atoms with E-state index in [1.54, 1.807) is 42.5 Å². The number of nitrogens with two attached hydrogens (primary N) is 1. The first-order valence-corrected chi connectivity index (χ1v) is 26.7. The normalized spacial score (nSPS) is 14.8. The zero-order valence-electron chi connectivity index (χ0n) is 40.4. The van der Waals surface area contributed by atoms with Crippen molar-refractivity contribution in [1.82, 2.24) is 15.1 Å². The maximum Gasteiger partial charge on any atom is 0.419 e. The second kappa shape index (κ2) is 31.3. The lowest BCUT2D eigenvalue weighted by Crippen LogP contribution is -2.60. The minimum absolute atomic E-state index is 0.0526. The van der Waals surface area contributed by atoms with E-state index >= 15 is 0 Å². The third-order valence-electron chi connectivity index (χ3n) is 10.9. The maximum atomic E-state index is 13.0. The average molecular weight is 1040 g/mol. The van der Waals surface area contributed by atoms with Gasteiger partial charge in [-0.25, -0.2) is 0 Å². The number of piperidine rings is 3. The molecular weight excluding hydrogens is 983 g/mol. The summed E-state index contributed by atoms with van der Waals surface area (Å²) in [5, 5.41) is 20.0. The summed E-state index contributed by atoms with van der Waals surface area (Å²) in [4.78, 5) is 38.2. The lowest BCUT2D eigenvalue weighted by atomic mass is 8.76. The van der Waals surface area contributed by atoms with Gasteiger partial charge < -0.3 is 20.9 Å². The van der Waals surface area contributed by atoms with E-state index in [-0.39, 0.29) is 17.9 Å². The van der Waals surface area contributed by atoms with Crippen molar-refractivity contribution < 1.29 is 53.9 Å². The second-order valence-electron chi connectivity index (χ2n) is 17.7. The monoisotopic (exact) mass is 1040 g/mol. The molecule has 3 N–H and O–H groups in total. The van der Waals surface area contributed by atoms with Gasteiger partial charge in [-0.3, -0.25) is 14.4 Å². The van der Waals surface area contributed by atoms with E-state index in [0.29, 0.717) is 47.5 Å². The zero-order chi connectivity index (χ0) is 54.9. The molecule has 0 bridgehead atoms. The zero-order valence-corrected chi connectivity index (χ0v) is 42.2. The quantitative estimate of drug-likeness (QED) is 0.144. The van der Waals surface area contributed by atoms with Crippen LogP contribution < -0.4 is 11.1 Å². The number of amides is 2. The Labute approximate surface area is 429 Å². The summed E-state index contributed by atoms with van der Waals surface area (Å²) in [6.07, 6.45) is -2.41. The Kier molecular flexibility index (Phi) is 28.5. The van der Waals surface area contributed by atoms with Gasteiger partial charge in [0.05, 0.1) is 23.3 Å². The summed E-state index contributed by atoms with van der Waals surface area (Å²) >= 11 is 5.18. The number of hydrogen-bond acceptors (Lipinski definition) is 7. The highest BCUT2D eigenvalue weighted by Crippen LogP contribution is 2.48. The second-order valence-corrected chi connectivity index (χ2v) is 23.1. The van der Waals surface area contributed by atoms with Crippen molar-refractivity contribution in [2.75, 3.05) is 39.3 Å². The molecule has 27 heteroatoms. The number of halogens is 10. The van der Waals surface area contributed by atoms with E-state index in [4.69, 9.17) is 58.8 Å². The number of alkyl halides is 9. The fourth-order valence-electron chi connectivity index (χ4n) is 6.31. The molecule has 0 atom stereocenters. The van der Waals surface area contributed by atoms with Gasteiger partial charge in [0.2, 0.25) is 5.54 Å². The van der Waals surface area contributed by atoms with Gasteiger partial charge in [0.1, 0.15) is 0 Å². The van der Waals surface area contributed by atoms with Crippen LogP contribution in [0.3, 0.4) is 0 Å². The van der Waals surface area contributed by atoms with Gasteiger partial charge in [0.15, 0.2) is 8.07 Å². The Morgan fingerprint density at radius 3 is 1.31 bits per heavy atom. The van der Waals surface area contributed by atoms with E-state index in [1.807, 2.05) is 11.0 Å². The number of hydrogen-bond donors (Lipinski definition) is 2. The minimum atomic E-state index is -5.75. The summed E-state index contributed by atoms with van der Waals surface area (Å²) < 4.78 is 113. The molecule has 3 aliphatic rings. The number of nitrogens with one attached hydrogen (secondary N) is 1.